The molecule has 3 unspecified atom stereocenters. The second-order valence-corrected chi connectivity index (χ2v) is 3.79. The number of fused-ring (bicyclic) bond motifs is 1. The molecule has 0 radical (unpaired) electrons. The summed E-state index contributed by atoms with van der Waals surface area (Å²) in [5.41, 5.74) is 1.49. The molecular formula is C9H15NO. The van der Waals surface area contributed by atoms with Crippen LogP contribution in [0.5, 0.6) is 0 Å². The van der Waals surface area contributed by atoms with Gasteiger partial charge in [-0.1, -0.05) is 5.57 Å². The molecule has 62 valence electrons. The standard InChI is InChI=1S/C9H15NO/c1-6-4-10(2)9(5-11)8-3-7(6)8/h4,7-9,11H,3,5H2,1-2H3. The largest absolute Gasteiger partial charge is 0.394 e. The fourth-order valence-corrected chi connectivity index (χ4v) is 2.24. The summed E-state index contributed by atoms with van der Waals surface area (Å²) < 4.78 is 0. The van der Waals surface area contributed by atoms with Gasteiger partial charge in [-0.3, -0.25) is 0 Å². The monoisotopic (exact) mass is 153 g/mol. The SMILES string of the molecule is CC1=CN(C)C(CO)C2CC12. The predicted molar refractivity (Wildman–Crippen MR) is 44.0 cm³/mol. The first-order valence-electron chi connectivity index (χ1n) is 4.25. The van der Waals surface area contributed by atoms with Crippen molar-refractivity contribution < 1.29 is 5.11 Å². The minimum absolute atomic E-state index is 0.307. The van der Waals surface area contributed by atoms with Gasteiger partial charge in [-0.05, 0) is 31.4 Å². The minimum Gasteiger partial charge on any atom is -0.394 e. The lowest BCUT2D eigenvalue weighted by molar-refractivity contribution is 0.156. The zero-order chi connectivity index (χ0) is 8.01. The van der Waals surface area contributed by atoms with Gasteiger partial charge in [0.2, 0.25) is 0 Å². The fourth-order valence-electron chi connectivity index (χ4n) is 2.24. The van der Waals surface area contributed by atoms with Gasteiger partial charge in [-0.2, -0.15) is 0 Å². The Morgan fingerprint density at radius 3 is 3.09 bits per heavy atom. The van der Waals surface area contributed by atoms with Crippen LogP contribution in [0.1, 0.15) is 13.3 Å². The molecule has 0 saturated heterocycles. The molecule has 0 bridgehead atoms. The van der Waals surface area contributed by atoms with Crippen LogP contribution in [0.4, 0.5) is 0 Å². The number of rotatable bonds is 1. The van der Waals surface area contributed by atoms with E-state index >= 15 is 0 Å². The molecule has 0 aromatic heterocycles. The smallest absolute Gasteiger partial charge is 0.0637 e. The van der Waals surface area contributed by atoms with Gasteiger partial charge in [0.05, 0.1) is 12.6 Å². The maximum atomic E-state index is 9.07. The lowest BCUT2D eigenvalue weighted by atomic mass is 10.0. The van der Waals surface area contributed by atoms with E-state index < -0.39 is 0 Å². The molecule has 0 aromatic carbocycles. The first-order valence-corrected chi connectivity index (χ1v) is 4.25. The molecule has 1 aliphatic carbocycles. The lowest BCUT2D eigenvalue weighted by Crippen LogP contribution is -2.35. The van der Waals surface area contributed by atoms with Crippen molar-refractivity contribution in [2.75, 3.05) is 13.7 Å². The summed E-state index contributed by atoms with van der Waals surface area (Å²) in [6.45, 7) is 2.50. The summed E-state index contributed by atoms with van der Waals surface area (Å²) in [5, 5.41) is 9.07. The molecular weight excluding hydrogens is 138 g/mol. The van der Waals surface area contributed by atoms with Crippen molar-refractivity contribution in [2.24, 2.45) is 11.8 Å². The molecule has 1 fully saturated rings. The topological polar surface area (TPSA) is 23.5 Å². The van der Waals surface area contributed by atoms with Gasteiger partial charge in [0, 0.05) is 7.05 Å². The van der Waals surface area contributed by atoms with Crippen LogP contribution in [0.2, 0.25) is 0 Å². The van der Waals surface area contributed by atoms with Crippen LogP contribution < -0.4 is 0 Å². The Morgan fingerprint density at radius 2 is 2.45 bits per heavy atom. The van der Waals surface area contributed by atoms with Gasteiger partial charge < -0.3 is 10.0 Å². The van der Waals surface area contributed by atoms with Gasteiger partial charge in [0.25, 0.3) is 0 Å². The quantitative estimate of drug-likeness (QED) is 0.603. The molecule has 0 aromatic rings. The van der Waals surface area contributed by atoms with Gasteiger partial charge in [-0.15, -0.1) is 0 Å². The fraction of sp³-hybridized carbons (Fsp3) is 0.778. The molecule has 1 saturated carbocycles. The number of aliphatic hydroxyl groups is 1. The van der Waals surface area contributed by atoms with Crippen molar-refractivity contribution in [1.29, 1.82) is 0 Å². The first-order chi connectivity index (χ1) is 5.24. The van der Waals surface area contributed by atoms with Crippen LogP contribution in [0.15, 0.2) is 11.8 Å². The van der Waals surface area contributed by atoms with Gasteiger partial charge >= 0.3 is 0 Å². The number of hydrogen-bond acceptors (Lipinski definition) is 2. The maximum absolute atomic E-state index is 9.07. The Bertz CT molecular complexity index is 200. The lowest BCUT2D eigenvalue weighted by Gasteiger charge is -2.29. The summed E-state index contributed by atoms with van der Waals surface area (Å²) >= 11 is 0. The minimum atomic E-state index is 0.307. The van der Waals surface area contributed by atoms with Crippen LogP contribution in [-0.4, -0.2) is 29.7 Å². The summed E-state index contributed by atoms with van der Waals surface area (Å²) in [6, 6.07) is 0.392. The number of aliphatic hydroxyl groups excluding tert-OH is 1. The molecule has 1 heterocycles. The Labute approximate surface area is 67.5 Å². The van der Waals surface area contributed by atoms with Crippen molar-refractivity contribution in [3.8, 4) is 0 Å². The van der Waals surface area contributed by atoms with Gasteiger partial charge in [0.1, 0.15) is 0 Å². The molecule has 2 rings (SSSR count). The van der Waals surface area contributed by atoms with E-state index in [0.29, 0.717) is 12.6 Å². The molecule has 0 amide bonds. The maximum Gasteiger partial charge on any atom is 0.0637 e. The molecule has 11 heavy (non-hydrogen) atoms. The van der Waals surface area contributed by atoms with E-state index in [-0.39, 0.29) is 0 Å². The summed E-state index contributed by atoms with van der Waals surface area (Å²) in [6.07, 6.45) is 3.47. The Morgan fingerprint density at radius 1 is 1.73 bits per heavy atom. The van der Waals surface area contributed by atoms with Crippen molar-refractivity contribution in [3.05, 3.63) is 11.8 Å². The van der Waals surface area contributed by atoms with Crippen molar-refractivity contribution in [2.45, 2.75) is 19.4 Å². The second kappa shape index (κ2) is 2.24. The van der Waals surface area contributed by atoms with Crippen LogP contribution >= 0.6 is 0 Å². The molecule has 1 N–H and O–H groups in total. The first kappa shape index (κ1) is 7.17. The third-order valence-electron chi connectivity index (χ3n) is 3.04. The van der Waals surface area contributed by atoms with Crippen molar-refractivity contribution >= 4 is 0 Å². The normalized spacial score (nSPS) is 41.5. The highest BCUT2D eigenvalue weighted by Gasteiger charge is 2.47. The van der Waals surface area contributed by atoms with Crippen LogP contribution in [-0.2, 0) is 0 Å². The van der Waals surface area contributed by atoms with Crippen LogP contribution in [0.25, 0.3) is 0 Å². The highest BCUT2D eigenvalue weighted by molar-refractivity contribution is 5.20. The molecule has 0 spiro atoms. The van der Waals surface area contributed by atoms with E-state index in [9.17, 15) is 0 Å². The highest BCUT2D eigenvalue weighted by Crippen LogP contribution is 2.50. The number of hydrogen-bond donors (Lipinski definition) is 1. The summed E-state index contributed by atoms with van der Waals surface area (Å²) in [4.78, 5) is 2.16. The molecule has 2 heteroatoms. The van der Waals surface area contributed by atoms with E-state index in [2.05, 4.69) is 25.1 Å². The molecule has 2 aliphatic rings. The Hall–Kier alpha value is -0.500. The molecule has 3 atom stereocenters. The number of likely N-dealkylation sites (N-methyl/N-ethyl adjacent to an activating group) is 1. The number of nitrogens with zero attached hydrogens (tertiary/aromatic N) is 1. The van der Waals surface area contributed by atoms with E-state index in [4.69, 9.17) is 5.11 Å². The van der Waals surface area contributed by atoms with Crippen molar-refractivity contribution in [1.82, 2.24) is 4.90 Å². The van der Waals surface area contributed by atoms with E-state index in [1.54, 1.807) is 0 Å². The number of allylic oxidation sites excluding steroid dienone is 1. The average Bonchev–Trinajstić information content (AvgIpc) is 2.67. The van der Waals surface area contributed by atoms with Gasteiger partial charge in [-0.25, -0.2) is 0 Å². The van der Waals surface area contributed by atoms with Crippen molar-refractivity contribution in [3.63, 3.8) is 0 Å². The van der Waals surface area contributed by atoms with Crippen LogP contribution in [0, 0.1) is 11.8 Å². The van der Waals surface area contributed by atoms with E-state index in [0.717, 1.165) is 11.8 Å². The van der Waals surface area contributed by atoms with E-state index in [1.807, 2.05) is 0 Å². The zero-order valence-electron chi connectivity index (χ0n) is 7.12. The summed E-state index contributed by atoms with van der Waals surface area (Å²) in [5.74, 6) is 1.54. The summed E-state index contributed by atoms with van der Waals surface area (Å²) in [7, 11) is 2.05. The third kappa shape index (κ3) is 0.968. The Kier molecular flexibility index (Phi) is 1.46. The predicted octanol–water partition coefficient (Wildman–Crippen LogP) is 0.833. The zero-order valence-corrected chi connectivity index (χ0v) is 7.12. The van der Waals surface area contributed by atoms with E-state index in [1.165, 1.54) is 12.0 Å². The van der Waals surface area contributed by atoms with Crippen LogP contribution in [0.3, 0.4) is 0 Å². The molecule has 2 nitrogen and oxygen atoms in total. The Balaban J connectivity index is 2.17. The second-order valence-electron chi connectivity index (χ2n) is 3.79. The average molecular weight is 153 g/mol. The third-order valence-corrected chi connectivity index (χ3v) is 3.04. The van der Waals surface area contributed by atoms with Gasteiger partial charge in [0.15, 0.2) is 0 Å². The molecule has 1 aliphatic heterocycles. The highest BCUT2D eigenvalue weighted by atomic mass is 16.3.